The Kier molecular flexibility index (Phi) is 6.26. The fourth-order valence-electron chi connectivity index (χ4n) is 5.14. The van der Waals surface area contributed by atoms with Crippen LogP contribution in [0.15, 0.2) is 18.2 Å². The summed E-state index contributed by atoms with van der Waals surface area (Å²) in [6, 6.07) is 4.30. The van der Waals surface area contributed by atoms with E-state index in [9.17, 15) is 13.6 Å². The van der Waals surface area contributed by atoms with Crippen LogP contribution in [0.5, 0.6) is 0 Å². The third-order valence-electron chi connectivity index (χ3n) is 6.62. The Morgan fingerprint density at radius 1 is 0.893 bits per heavy atom. The summed E-state index contributed by atoms with van der Waals surface area (Å²) in [6.07, 6.45) is 6.54. The minimum absolute atomic E-state index is 0.167. The number of halogens is 2. The van der Waals surface area contributed by atoms with E-state index in [1.165, 1.54) is 12.1 Å². The molecule has 0 saturated carbocycles. The van der Waals surface area contributed by atoms with Crippen molar-refractivity contribution in [2.45, 2.75) is 51.1 Å². The Hall–Kier alpha value is -1.53. The highest BCUT2D eigenvalue weighted by Gasteiger charge is 2.34. The molecule has 0 spiro atoms. The number of rotatable bonds is 4. The zero-order valence-corrected chi connectivity index (χ0v) is 16.6. The van der Waals surface area contributed by atoms with Gasteiger partial charge in [-0.05, 0) is 75.9 Å². The van der Waals surface area contributed by atoms with Gasteiger partial charge in [-0.1, -0.05) is 0 Å². The second kappa shape index (κ2) is 8.87. The normalized spacial score (nSPS) is 25.4. The molecule has 4 nitrogen and oxygen atoms in total. The van der Waals surface area contributed by atoms with Crippen LogP contribution in [0.1, 0.15) is 44.1 Å². The minimum atomic E-state index is -0.507. The molecule has 6 heteroatoms. The van der Waals surface area contributed by atoms with E-state index in [0.29, 0.717) is 24.1 Å². The van der Waals surface area contributed by atoms with Gasteiger partial charge in [0.2, 0.25) is 5.91 Å². The third kappa shape index (κ3) is 4.71. The molecular weight excluding hydrogens is 360 g/mol. The Balaban J connectivity index is 1.27. The highest BCUT2D eigenvalue weighted by atomic mass is 19.1. The van der Waals surface area contributed by atoms with Crippen molar-refractivity contribution >= 4 is 5.91 Å². The van der Waals surface area contributed by atoms with Crippen LogP contribution in [0, 0.1) is 17.6 Å². The summed E-state index contributed by atoms with van der Waals surface area (Å²) in [5, 5.41) is 0. The SMILES string of the molecule is O=C([C@@H]1CCCN(C2CCN(Cc3cc(F)cc(F)c3)CC2)C1)N1CCCC1. The molecule has 0 aromatic heterocycles. The summed E-state index contributed by atoms with van der Waals surface area (Å²) in [5.74, 6) is -0.480. The molecule has 1 aromatic carbocycles. The van der Waals surface area contributed by atoms with Gasteiger partial charge in [0.25, 0.3) is 0 Å². The standard InChI is InChI=1S/C22H31F2N3O/c23-19-12-17(13-20(24)14-19)15-25-10-5-21(6-11-25)27-9-3-4-18(16-27)22(28)26-7-1-2-8-26/h12-14,18,21H,1-11,15-16H2/t18-/m1/s1. The van der Waals surface area contributed by atoms with Crippen LogP contribution in [-0.4, -0.2) is 65.9 Å². The largest absolute Gasteiger partial charge is 0.342 e. The van der Waals surface area contributed by atoms with Gasteiger partial charge in [0, 0.05) is 38.3 Å². The Bertz CT molecular complexity index is 664. The lowest BCUT2D eigenvalue weighted by Gasteiger charge is -2.42. The van der Waals surface area contributed by atoms with E-state index in [-0.39, 0.29) is 5.92 Å². The van der Waals surface area contributed by atoms with Gasteiger partial charge in [-0.15, -0.1) is 0 Å². The van der Waals surface area contributed by atoms with Crippen LogP contribution in [0.25, 0.3) is 0 Å². The van der Waals surface area contributed by atoms with Gasteiger partial charge in [-0.2, -0.15) is 0 Å². The first-order chi connectivity index (χ1) is 13.6. The van der Waals surface area contributed by atoms with Gasteiger partial charge in [-0.25, -0.2) is 8.78 Å². The molecule has 3 heterocycles. The smallest absolute Gasteiger partial charge is 0.226 e. The van der Waals surface area contributed by atoms with Gasteiger partial charge < -0.3 is 4.90 Å². The number of carbonyl (C=O) groups excluding carboxylic acids is 1. The molecule has 1 aromatic rings. The maximum absolute atomic E-state index is 13.4. The quantitative estimate of drug-likeness (QED) is 0.788. The number of hydrogen-bond donors (Lipinski definition) is 0. The van der Waals surface area contributed by atoms with E-state index >= 15 is 0 Å². The van der Waals surface area contributed by atoms with E-state index < -0.39 is 11.6 Å². The van der Waals surface area contributed by atoms with E-state index in [1.807, 2.05) is 0 Å². The molecule has 0 aliphatic carbocycles. The van der Waals surface area contributed by atoms with E-state index in [0.717, 1.165) is 83.9 Å². The number of benzene rings is 1. The first-order valence-electron chi connectivity index (χ1n) is 10.8. The van der Waals surface area contributed by atoms with Crippen molar-refractivity contribution in [1.29, 1.82) is 0 Å². The van der Waals surface area contributed by atoms with Crippen LogP contribution in [0.4, 0.5) is 8.78 Å². The molecule has 4 rings (SSSR count). The fraction of sp³-hybridized carbons (Fsp3) is 0.682. The fourth-order valence-corrected chi connectivity index (χ4v) is 5.14. The topological polar surface area (TPSA) is 26.8 Å². The highest BCUT2D eigenvalue weighted by molar-refractivity contribution is 5.79. The Labute approximate surface area is 166 Å². The van der Waals surface area contributed by atoms with Crippen molar-refractivity contribution in [2.75, 3.05) is 39.3 Å². The number of likely N-dealkylation sites (tertiary alicyclic amines) is 3. The maximum Gasteiger partial charge on any atom is 0.226 e. The van der Waals surface area contributed by atoms with Gasteiger partial charge in [0.05, 0.1) is 5.92 Å². The molecule has 3 saturated heterocycles. The van der Waals surface area contributed by atoms with E-state index in [1.54, 1.807) is 0 Å². The molecule has 0 unspecified atom stereocenters. The molecule has 154 valence electrons. The number of nitrogens with zero attached hydrogens (tertiary/aromatic N) is 3. The summed E-state index contributed by atoms with van der Waals surface area (Å²) in [5.41, 5.74) is 0.699. The maximum atomic E-state index is 13.4. The zero-order chi connectivity index (χ0) is 19.5. The average molecular weight is 392 g/mol. The predicted octanol–water partition coefficient (Wildman–Crippen LogP) is 3.26. The van der Waals surface area contributed by atoms with Crippen molar-refractivity contribution in [3.8, 4) is 0 Å². The highest BCUT2D eigenvalue weighted by Crippen LogP contribution is 2.26. The van der Waals surface area contributed by atoms with Crippen molar-refractivity contribution in [3.63, 3.8) is 0 Å². The van der Waals surface area contributed by atoms with Crippen LogP contribution in [0.2, 0.25) is 0 Å². The Morgan fingerprint density at radius 2 is 1.57 bits per heavy atom. The summed E-state index contributed by atoms with van der Waals surface area (Å²) >= 11 is 0. The molecule has 1 amide bonds. The van der Waals surface area contributed by atoms with E-state index in [4.69, 9.17) is 0 Å². The van der Waals surface area contributed by atoms with Crippen molar-refractivity contribution < 1.29 is 13.6 Å². The van der Waals surface area contributed by atoms with Crippen molar-refractivity contribution in [2.24, 2.45) is 5.92 Å². The first kappa shape index (κ1) is 19.8. The van der Waals surface area contributed by atoms with Gasteiger partial charge in [0.15, 0.2) is 0 Å². The molecule has 0 radical (unpaired) electrons. The molecule has 0 N–H and O–H groups in total. The number of carbonyl (C=O) groups is 1. The van der Waals surface area contributed by atoms with Crippen LogP contribution in [0.3, 0.4) is 0 Å². The van der Waals surface area contributed by atoms with Crippen molar-refractivity contribution in [1.82, 2.24) is 14.7 Å². The lowest BCUT2D eigenvalue weighted by Crippen LogP contribution is -2.51. The van der Waals surface area contributed by atoms with Crippen LogP contribution >= 0.6 is 0 Å². The summed E-state index contributed by atoms with van der Waals surface area (Å²) in [6.45, 7) is 6.33. The zero-order valence-electron chi connectivity index (χ0n) is 16.6. The van der Waals surface area contributed by atoms with Gasteiger partial charge >= 0.3 is 0 Å². The number of hydrogen-bond acceptors (Lipinski definition) is 3. The Morgan fingerprint density at radius 3 is 2.25 bits per heavy atom. The molecule has 3 aliphatic rings. The predicted molar refractivity (Wildman–Crippen MR) is 105 cm³/mol. The van der Waals surface area contributed by atoms with Crippen molar-refractivity contribution in [3.05, 3.63) is 35.4 Å². The summed E-state index contributed by atoms with van der Waals surface area (Å²) in [7, 11) is 0. The molecule has 0 bridgehead atoms. The second-order valence-corrected chi connectivity index (χ2v) is 8.65. The third-order valence-corrected chi connectivity index (χ3v) is 6.62. The summed E-state index contributed by atoms with van der Waals surface area (Å²) < 4.78 is 26.8. The van der Waals surface area contributed by atoms with E-state index in [2.05, 4.69) is 14.7 Å². The molecule has 3 fully saturated rings. The van der Waals surface area contributed by atoms with Crippen LogP contribution in [-0.2, 0) is 11.3 Å². The van der Waals surface area contributed by atoms with Gasteiger partial charge in [0.1, 0.15) is 11.6 Å². The average Bonchev–Trinajstić information content (AvgIpc) is 3.22. The first-order valence-corrected chi connectivity index (χ1v) is 10.8. The molecule has 3 aliphatic heterocycles. The monoisotopic (exact) mass is 391 g/mol. The molecule has 28 heavy (non-hydrogen) atoms. The lowest BCUT2D eigenvalue weighted by molar-refractivity contribution is -0.136. The second-order valence-electron chi connectivity index (χ2n) is 8.65. The summed E-state index contributed by atoms with van der Waals surface area (Å²) in [4.78, 5) is 19.6. The lowest BCUT2D eigenvalue weighted by atomic mass is 9.93. The molecular formula is C22H31F2N3O. The molecule has 1 atom stereocenters. The van der Waals surface area contributed by atoms with Crippen LogP contribution < -0.4 is 0 Å². The number of amides is 1. The minimum Gasteiger partial charge on any atom is -0.342 e. The number of piperidine rings is 2. The van der Waals surface area contributed by atoms with Gasteiger partial charge in [-0.3, -0.25) is 14.6 Å².